The molecule has 0 aromatic heterocycles. The van der Waals surface area contributed by atoms with Gasteiger partial charge in [-0.1, -0.05) is 79.6 Å². The van der Waals surface area contributed by atoms with Crippen molar-refractivity contribution >= 4 is 5.91 Å². The summed E-state index contributed by atoms with van der Waals surface area (Å²) < 4.78 is 0. The van der Waals surface area contributed by atoms with Gasteiger partial charge in [-0.3, -0.25) is 4.79 Å². The minimum Gasteiger partial charge on any atom is -0.338 e. The lowest BCUT2D eigenvalue weighted by atomic mass is 9.70. The van der Waals surface area contributed by atoms with Crippen LogP contribution in [0.2, 0.25) is 0 Å². The van der Waals surface area contributed by atoms with Crippen molar-refractivity contribution in [2.24, 2.45) is 17.8 Å². The quantitative estimate of drug-likeness (QED) is 0.477. The third-order valence-corrected chi connectivity index (χ3v) is 9.76. The fourth-order valence-corrected chi connectivity index (χ4v) is 7.80. The number of benzene rings is 2. The zero-order chi connectivity index (χ0) is 24.3. The highest BCUT2D eigenvalue weighted by Gasteiger charge is 2.41. The molecule has 3 nitrogen and oxygen atoms in total. The number of hydrogen-bond donors (Lipinski definition) is 0. The van der Waals surface area contributed by atoms with Crippen molar-refractivity contribution in [1.82, 2.24) is 9.80 Å². The van der Waals surface area contributed by atoms with Crippen LogP contribution in [0.1, 0.15) is 74.3 Å². The van der Waals surface area contributed by atoms with Gasteiger partial charge in [0.25, 0.3) is 0 Å². The molecule has 1 amide bonds. The van der Waals surface area contributed by atoms with Crippen LogP contribution in [0.5, 0.6) is 0 Å². The molecule has 2 aromatic carbocycles. The Balaban J connectivity index is 1.15. The normalized spacial score (nSPS) is 29.6. The Morgan fingerprint density at radius 3 is 2.19 bits per heavy atom. The van der Waals surface area contributed by atoms with Gasteiger partial charge in [0.15, 0.2) is 0 Å². The van der Waals surface area contributed by atoms with Gasteiger partial charge in [0.2, 0.25) is 5.91 Å². The number of nitrogens with zero attached hydrogens (tertiary/aromatic N) is 2. The molecule has 0 radical (unpaired) electrons. The zero-order valence-electron chi connectivity index (χ0n) is 21.7. The second-order valence-electron chi connectivity index (χ2n) is 11.9. The molecule has 0 bridgehead atoms. The average molecular weight is 483 g/mol. The van der Waals surface area contributed by atoms with Crippen molar-refractivity contribution in [3.63, 3.8) is 0 Å². The summed E-state index contributed by atoms with van der Waals surface area (Å²) in [6.07, 6.45) is 12.4. The van der Waals surface area contributed by atoms with E-state index in [-0.39, 0.29) is 0 Å². The predicted molar refractivity (Wildman–Crippen MR) is 147 cm³/mol. The molecule has 4 atom stereocenters. The predicted octanol–water partition coefficient (Wildman–Crippen LogP) is 6.63. The van der Waals surface area contributed by atoms with E-state index in [1.807, 2.05) is 0 Å². The SMILES string of the molecule is O=C(C1=CCCC2CCCCC12)N1C[C@H](CN2CCC(c3ccccc3)CC2)[C@@H](c2ccccc2)C1. The Hall–Kier alpha value is -2.39. The molecular formula is C33H42N2O. The van der Waals surface area contributed by atoms with Crippen LogP contribution in [0, 0.1) is 17.8 Å². The number of likely N-dealkylation sites (tertiary alicyclic amines) is 2. The first kappa shape index (κ1) is 24.0. The second-order valence-corrected chi connectivity index (χ2v) is 11.9. The lowest BCUT2D eigenvalue weighted by Crippen LogP contribution is -2.39. The van der Waals surface area contributed by atoms with Gasteiger partial charge < -0.3 is 9.80 Å². The molecule has 3 fully saturated rings. The van der Waals surface area contributed by atoms with Crippen LogP contribution < -0.4 is 0 Å². The molecule has 2 aliphatic carbocycles. The van der Waals surface area contributed by atoms with E-state index in [1.54, 1.807) is 0 Å². The molecule has 3 heteroatoms. The number of allylic oxidation sites excluding steroid dienone is 1. The van der Waals surface area contributed by atoms with Crippen molar-refractivity contribution in [1.29, 1.82) is 0 Å². The van der Waals surface area contributed by atoms with E-state index >= 15 is 0 Å². The topological polar surface area (TPSA) is 23.6 Å². The number of piperidine rings is 1. The number of carbonyl (C=O) groups excluding carboxylic acids is 1. The maximum atomic E-state index is 13.9. The van der Waals surface area contributed by atoms with Crippen LogP contribution in [-0.2, 0) is 4.79 Å². The van der Waals surface area contributed by atoms with Gasteiger partial charge in [-0.2, -0.15) is 0 Å². The van der Waals surface area contributed by atoms with Gasteiger partial charge >= 0.3 is 0 Å². The number of rotatable bonds is 5. The van der Waals surface area contributed by atoms with E-state index in [4.69, 9.17) is 0 Å². The third kappa shape index (κ3) is 5.05. The monoisotopic (exact) mass is 482 g/mol. The van der Waals surface area contributed by atoms with Crippen LogP contribution in [0.25, 0.3) is 0 Å². The van der Waals surface area contributed by atoms with E-state index in [2.05, 4.69) is 76.5 Å². The van der Waals surface area contributed by atoms with Gasteiger partial charge in [0.1, 0.15) is 0 Å². The van der Waals surface area contributed by atoms with Gasteiger partial charge in [-0.15, -0.1) is 0 Å². The van der Waals surface area contributed by atoms with E-state index in [1.165, 1.54) is 74.7 Å². The Morgan fingerprint density at radius 1 is 0.750 bits per heavy atom. The summed E-state index contributed by atoms with van der Waals surface area (Å²) in [7, 11) is 0. The summed E-state index contributed by atoms with van der Waals surface area (Å²) in [5.41, 5.74) is 4.07. The Morgan fingerprint density at radius 2 is 1.44 bits per heavy atom. The first-order valence-corrected chi connectivity index (χ1v) is 14.6. The zero-order valence-corrected chi connectivity index (χ0v) is 21.7. The van der Waals surface area contributed by atoms with Crippen molar-refractivity contribution in [2.45, 2.75) is 63.2 Å². The van der Waals surface area contributed by atoms with Crippen LogP contribution >= 0.6 is 0 Å². The molecule has 190 valence electrons. The van der Waals surface area contributed by atoms with Crippen LogP contribution in [0.3, 0.4) is 0 Å². The van der Waals surface area contributed by atoms with Crippen LogP contribution in [0.15, 0.2) is 72.3 Å². The molecular weight excluding hydrogens is 440 g/mol. The van der Waals surface area contributed by atoms with Crippen molar-refractivity contribution < 1.29 is 4.79 Å². The number of amides is 1. The van der Waals surface area contributed by atoms with Gasteiger partial charge in [0, 0.05) is 31.1 Å². The largest absolute Gasteiger partial charge is 0.338 e. The highest BCUT2D eigenvalue weighted by atomic mass is 16.2. The summed E-state index contributed by atoms with van der Waals surface area (Å²) in [4.78, 5) is 18.8. The molecule has 4 aliphatic rings. The van der Waals surface area contributed by atoms with E-state index in [0.29, 0.717) is 29.6 Å². The highest BCUT2D eigenvalue weighted by molar-refractivity contribution is 5.94. The van der Waals surface area contributed by atoms with Crippen molar-refractivity contribution in [2.75, 3.05) is 32.7 Å². The van der Waals surface area contributed by atoms with Crippen molar-refractivity contribution in [3.8, 4) is 0 Å². The van der Waals surface area contributed by atoms with Crippen LogP contribution in [0.4, 0.5) is 0 Å². The molecule has 0 N–H and O–H groups in total. The first-order chi connectivity index (χ1) is 17.8. The Bertz CT molecular complexity index is 1040. The number of hydrogen-bond acceptors (Lipinski definition) is 2. The molecule has 2 saturated heterocycles. The average Bonchev–Trinajstić information content (AvgIpc) is 3.37. The van der Waals surface area contributed by atoms with E-state index in [9.17, 15) is 4.79 Å². The molecule has 2 aromatic rings. The van der Waals surface area contributed by atoms with Gasteiger partial charge in [-0.05, 0) is 86.4 Å². The second kappa shape index (κ2) is 10.9. The van der Waals surface area contributed by atoms with Gasteiger partial charge in [-0.25, -0.2) is 0 Å². The molecule has 6 rings (SSSR count). The Kier molecular flexibility index (Phi) is 7.28. The summed E-state index contributed by atoms with van der Waals surface area (Å²) in [5, 5.41) is 0. The standard InChI is InChI=1S/C33H42N2O/c36-33(31-17-9-15-27-14-7-8-16-30(27)31)35-23-29(32(24-35)28-12-5-2-6-13-28)22-34-20-18-26(19-21-34)25-10-3-1-4-11-25/h1-6,10-13,17,26-27,29-30,32H,7-9,14-16,18-24H2/t27?,29-,30?,32+/m0/s1. The maximum absolute atomic E-state index is 13.9. The number of fused-ring (bicyclic) bond motifs is 1. The minimum atomic E-state index is 0.359. The maximum Gasteiger partial charge on any atom is 0.249 e. The fraction of sp³-hybridized carbons (Fsp3) is 0.545. The van der Waals surface area contributed by atoms with E-state index in [0.717, 1.165) is 32.0 Å². The summed E-state index contributed by atoms with van der Waals surface area (Å²) >= 11 is 0. The number of carbonyl (C=O) groups is 1. The summed E-state index contributed by atoms with van der Waals surface area (Å²) in [5.74, 6) is 3.26. The molecule has 1 saturated carbocycles. The molecule has 36 heavy (non-hydrogen) atoms. The van der Waals surface area contributed by atoms with Crippen molar-refractivity contribution in [3.05, 3.63) is 83.4 Å². The summed E-state index contributed by atoms with van der Waals surface area (Å²) in [6, 6.07) is 22.1. The third-order valence-electron chi connectivity index (χ3n) is 9.76. The molecule has 2 aliphatic heterocycles. The molecule has 0 spiro atoms. The molecule has 2 unspecified atom stereocenters. The lowest BCUT2D eigenvalue weighted by molar-refractivity contribution is -0.127. The first-order valence-electron chi connectivity index (χ1n) is 14.6. The smallest absolute Gasteiger partial charge is 0.249 e. The minimum absolute atomic E-state index is 0.359. The summed E-state index contributed by atoms with van der Waals surface area (Å²) in [6.45, 7) is 5.23. The lowest BCUT2D eigenvalue weighted by Gasteiger charge is -2.37. The van der Waals surface area contributed by atoms with Gasteiger partial charge in [0.05, 0.1) is 0 Å². The van der Waals surface area contributed by atoms with Crippen LogP contribution in [-0.4, -0.2) is 48.4 Å². The highest BCUT2D eigenvalue weighted by Crippen LogP contribution is 2.43. The Labute approximate surface area is 217 Å². The van der Waals surface area contributed by atoms with E-state index < -0.39 is 0 Å². The fourth-order valence-electron chi connectivity index (χ4n) is 7.80. The molecule has 2 heterocycles.